The topological polar surface area (TPSA) is 29.5 Å². The highest BCUT2D eigenvalue weighted by Crippen LogP contribution is 2.38. The predicted molar refractivity (Wildman–Crippen MR) is 132 cm³/mol. The molecule has 0 amide bonds. The molecular weight excluding hydrogens is 382 g/mol. The van der Waals surface area contributed by atoms with E-state index in [1.54, 1.807) is 0 Å². The van der Waals surface area contributed by atoms with Gasteiger partial charge in [0, 0.05) is 12.1 Å². The van der Waals surface area contributed by atoms with Crippen molar-refractivity contribution in [2.45, 2.75) is 110 Å². The highest BCUT2D eigenvalue weighted by Gasteiger charge is 2.24. The van der Waals surface area contributed by atoms with E-state index in [9.17, 15) is 4.79 Å². The number of likely N-dealkylation sites (N-methyl/N-ethyl adjacent to an activating group) is 1. The predicted octanol–water partition coefficient (Wildman–Crippen LogP) is 7.40. The monoisotopic (exact) mass is 433 g/mol. The largest absolute Gasteiger partial charge is 0.462 e. The van der Waals surface area contributed by atoms with Gasteiger partial charge in [-0.15, -0.1) is 0 Å². The first-order valence-electron chi connectivity index (χ1n) is 13.5. The van der Waals surface area contributed by atoms with E-state index >= 15 is 0 Å². The third-order valence-corrected chi connectivity index (χ3v) is 7.92. The van der Waals surface area contributed by atoms with Gasteiger partial charge in [-0.25, -0.2) is 4.79 Å². The first-order chi connectivity index (χ1) is 15.0. The molecule has 0 bridgehead atoms. The number of ether oxygens (including phenoxy) is 1. The van der Waals surface area contributed by atoms with Crippen LogP contribution < -0.4 is 0 Å². The number of rotatable bonds is 14. The third kappa shape index (κ3) is 11.0. The normalized spacial score (nSPS) is 26.7. The van der Waals surface area contributed by atoms with E-state index in [1.165, 1.54) is 96.3 Å². The highest BCUT2D eigenvalue weighted by molar-refractivity contribution is 5.88. The lowest BCUT2D eigenvalue weighted by molar-refractivity contribution is -0.139. The molecule has 0 radical (unpaired) electrons. The van der Waals surface area contributed by atoms with Crippen LogP contribution >= 0.6 is 0 Å². The minimum atomic E-state index is -0.229. The molecule has 3 nitrogen and oxygen atoms in total. The van der Waals surface area contributed by atoms with E-state index in [2.05, 4.69) is 13.5 Å². The van der Waals surface area contributed by atoms with E-state index in [1.807, 2.05) is 19.0 Å². The van der Waals surface area contributed by atoms with Gasteiger partial charge in [0.05, 0.1) is 6.61 Å². The molecule has 0 N–H and O–H groups in total. The second-order valence-corrected chi connectivity index (χ2v) is 11.0. The van der Waals surface area contributed by atoms with Gasteiger partial charge in [-0.05, 0) is 50.6 Å². The standard InChI is InChI=1S/C28H51NO2/c1-5-6-7-9-24-11-15-26(16-12-24)19-20-27-17-13-25(14-18-27)10-8-21-31-28(30)23(2)22-29(3)4/h24-27H,2,5-22H2,1,3-4H3. The van der Waals surface area contributed by atoms with Gasteiger partial charge in [-0.1, -0.05) is 103 Å². The van der Waals surface area contributed by atoms with E-state index in [-0.39, 0.29) is 5.97 Å². The van der Waals surface area contributed by atoms with Crippen LogP contribution in [0.25, 0.3) is 0 Å². The van der Waals surface area contributed by atoms with Crippen LogP contribution in [0.1, 0.15) is 110 Å². The molecule has 0 atom stereocenters. The Morgan fingerprint density at radius 3 is 1.68 bits per heavy atom. The van der Waals surface area contributed by atoms with Gasteiger partial charge in [0.2, 0.25) is 0 Å². The molecule has 2 saturated carbocycles. The molecule has 2 fully saturated rings. The van der Waals surface area contributed by atoms with E-state index in [0.29, 0.717) is 18.7 Å². The summed E-state index contributed by atoms with van der Waals surface area (Å²) in [5.74, 6) is 3.66. The third-order valence-electron chi connectivity index (χ3n) is 7.92. The number of carbonyl (C=O) groups is 1. The second-order valence-electron chi connectivity index (χ2n) is 11.0. The maximum absolute atomic E-state index is 11.9. The molecule has 0 spiro atoms. The molecule has 180 valence electrons. The van der Waals surface area contributed by atoms with Crippen LogP contribution in [0.5, 0.6) is 0 Å². The van der Waals surface area contributed by atoms with Crippen molar-refractivity contribution in [3.63, 3.8) is 0 Å². The molecule has 0 heterocycles. The summed E-state index contributed by atoms with van der Waals surface area (Å²) >= 11 is 0. The first-order valence-corrected chi connectivity index (χ1v) is 13.5. The fourth-order valence-electron chi connectivity index (χ4n) is 5.86. The van der Waals surface area contributed by atoms with Crippen LogP contribution in [-0.4, -0.2) is 38.1 Å². The van der Waals surface area contributed by atoms with Crippen molar-refractivity contribution in [3.05, 3.63) is 12.2 Å². The van der Waals surface area contributed by atoms with Gasteiger partial charge in [-0.3, -0.25) is 0 Å². The van der Waals surface area contributed by atoms with Crippen LogP contribution in [0.2, 0.25) is 0 Å². The Morgan fingerprint density at radius 1 is 0.774 bits per heavy atom. The van der Waals surface area contributed by atoms with Crippen molar-refractivity contribution >= 4 is 5.97 Å². The summed E-state index contributed by atoms with van der Waals surface area (Å²) in [5, 5.41) is 0. The molecule has 31 heavy (non-hydrogen) atoms. The summed E-state index contributed by atoms with van der Waals surface area (Å²) in [6, 6.07) is 0. The number of carbonyl (C=O) groups excluding carboxylic acids is 1. The molecule has 0 aliphatic heterocycles. The van der Waals surface area contributed by atoms with Crippen LogP contribution in [0.4, 0.5) is 0 Å². The van der Waals surface area contributed by atoms with Gasteiger partial charge in [-0.2, -0.15) is 0 Å². The number of hydrogen-bond donors (Lipinski definition) is 0. The number of esters is 1. The molecule has 2 aliphatic rings. The summed E-state index contributed by atoms with van der Waals surface area (Å²) < 4.78 is 5.39. The van der Waals surface area contributed by atoms with E-state index in [4.69, 9.17) is 4.74 Å². The minimum absolute atomic E-state index is 0.229. The van der Waals surface area contributed by atoms with Crippen LogP contribution in [0.3, 0.4) is 0 Å². The number of nitrogens with zero attached hydrogens (tertiary/aromatic N) is 1. The van der Waals surface area contributed by atoms with Crippen molar-refractivity contribution in [1.82, 2.24) is 4.90 Å². The maximum atomic E-state index is 11.9. The van der Waals surface area contributed by atoms with Crippen LogP contribution in [-0.2, 0) is 9.53 Å². The Morgan fingerprint density at radius 2 is 1.23 bits per heavy atom. The van der Waals surface area contributed by atoms with Gasteiger partial charge in [0.1, 0.15) is 0 Å². The smallest absolute Gasteiger partial charge is 0.334 e. The minimum Gasteiger partial charge on any atom is -0.462 e. The quantitative estimate of drug-likeness (QED) is 0.162. The fourth-order valence-corrected chi connectivity index (χ4v) is 5.86. The van der Waals surface area contributed by atoms with Crippen LogP contribution in [0, 0.1) is 23.7 Å². The van der Waals surface area contributed by atoms with Crippen molar-refractivity contribution in [1.29, 1.82) is 0 Å². The molecule has 0 saturated heterocycles. The molecule has 0 aromatic rings. The van der Waals surface area contributed by atoms with E-state index in [0.717, 1.165) is 30.1 Å². The zero-order chi connectivity index (χ0) is 22.5. The maximum Gasteiger partial charge on any atom is 0.334 e. The van der Waals surface area contributed by atoms with Gasteiger partial charge in [0.25, 0.3) is 0 Å². The average molecular weight is 434 g/mol. The van der Waals surface area contributed by atoms with Crippen LogP contribution in [0.15, 0.2) is 12.2 Å². The Kier molecular flexibility index (Phi) is 12.9. The first kappa shape index (κ1) is 26.4. The molecule has 0 aromatic heterocycles. The summed E-state index contributed by atoms with van der Waals surface area (Å²) in [6.07, 6.45) is 22.6. The lowest BCUT2D eigenvalue weighted by atomic mass is 9.74. The number of hydrogen-bond acceptors (Lipinski definition) is 3. The molecule has 0 aromatic carbocycles. The zero-order valence-electron chi connectivity index (χ0n) is 21.0. The van der Waals surface area contributed by atoms with Crippen molar-refractivity contribution in [2.75, 3.05) is 27.2 Å². The fraction of sp³-hybridized carbons (Fsp3) is 0.893. The molecule has 3 heteroatoms. The molecular formula is C28H51NO2. The van der Waals surface area contributed by atoms with Gasteiger partial charge in [0.15, 0.2) is 0 Å². The SMILES string of the molecule is C=C(CN(C)C)C(=O)OCCCC1CCC(CCC2CCC(CCCCC)CC2)CC1. The van der Waals surface area contributed by atoms with Gasteiger partial charge < -0.3 is 9.64 Å². The molecule has 0 unspecified atom stereocenters. The average Bonchev–Trinajstić information content (AvgIpc) is 2.76. The Hall–Kier alpha value is -0.830. The van der Waals surface area contributed by atoms with Crippen molar-refractivity contribution < 1.29 is 9.53 Å². The zero-order valence-corrected chi connectivity index (χ0v) is 21.0. The Labute approximate surface area is 193 Å². The number of unbranched alkanes of at least 4 members (excludes halogenated alkanes) is 2. The highest BCUT2D eigenvalue weighted by atomic mass is 16.5. The molecule has 2 rings (SSSR count). The van der Waals surface area contributed by atoms with Crippen molar-refractivity contribution in [3.8, 4) is 0 Å². The summed E-state index contributed by atoms with van der Waals surface area (Å²) in [6.45, 7) is 7.26. The second kappa shape index (κ2) is 15.1. The summed E-state index contributed by atoms with van der Waals surface area (Å²) in [4.78, 5) is 13.8. The lowest BCUT2D eigenvalue weighted by Crippen LogP contribution is -2.21. The lowest BCUT2D eigenvalue weighted by Gasteiger charge is -2.32. The van der Waals surface area contributed by atoms with Gasteiger partial charge >= 0.3 is 5.97 Å². The van der Waals surface area contributed by atoms with E-state index < -0.39 is 0 Å². The summed E-state index contributed by atoms with van der Waals surface area (Å²) in [7, 11) is 3.88. The van der Waals surface area contributed by atoms with Crippen molar-refractivity contribution in [2.24, 2.45) is 23.7 Å². The molecule has 2 aliphatic carbocycles. The Bertz CT molecular complexity index is 499. The Balaban J connectivity index is 1.48. The summed E-state index contributed by atoms with van der Waals surface area (Å²) in [5.41, 5.74) is 0.551.